The van der Waals surface area contributed by atoms with E-state index in [1.54, 1.807) is 30.3 Å². The molecule has 36 heavy (non-hydrogen) atoms. The van der Waals surface area contributed by atoms with Gasteiger partial charge in [-0.1, -0.05) is 56.3 Å². The molecule has 1 N–H and O–H groups in total. The number of nitrogens with zero attached hydrogens (tertiary/aromatic N) is 1. The van der Waals surface area contributed by atoms with Gasteiger partial charge in [-0.2, -0.15) is 0 Å². The van der Waals surface area contributed by atoms with Gasteiger partial charge in [0.2, 0.25) is 12.6 Å². The highest BCUT2D eigenvalue weighted by Crippen LogP contribution is 2.45. The molecule has 0 fully saturated rings. The van der Waals surface area contributed by atoms with Crippen molar-refractivity contribution >= 4 is 28.3 Å². The quantitative estimate of drug-likeness (QED) is 0.348. The summed E-state index contributed by atoms with van der Waals surface area (Å²) in [4.78, 5) is 28.6. The molecule has 180 valence electrons. The number of anilines is 1. The number of aliphatic hydroxyl groups excluding tert-OH is 1. The highest BCUT2D eigenvalue weighted by Gasteiger charge is 2.45. The van der Waals surface area contributed by atoms with Gasteiger partial charge in [-0.3, -0.25) is 14.5 Å². The van der Waals surface area contributed by atoms with Crippen molar-refractivity contribution in [2.45, 2.75) is 25.8 Å². The zero-order valence-corrected chi connectivity index (χ0v) is 19.7. The molecule has 0 saturated heterocycles. The Kier molecular flexibility index (Phi) is 5.07. The molecule has 0 spiro atoms. The van der Waals surface area contributed by atoms with E-state index in [0.29, 0.717) is 34.3 Å². The van der Waals surface area contributed by atoms with Gasteiger partial charge in [-0.25, -0.2) is 0 Å². The van der Waals surface area contributed by atoms with Crippen LogP contribution in [0.1, 0.15) is 47.5 Å². The molecule has 3 heterocycles. The lowest BCUT2D eigenvalue weighted by Crippen LogP contribution is -2.31. The summed E-state index contributed by atoms with van der Waals surface area (Å²) >= 11 is 0. The number of Topliss-reactive ketones (excluding diaryl/α,β-unsaturated/α-hetero) is 1. The predicted octanol–water partition coefficient (Wildman–Crippen LogP) is 6.07. The van der Waals surface area contributed by atoms with E-state index in [4.69, 9.17) is 13.9 Å². The maximum atomic E-state index is 13.8. The maximum absolute atomic E-state index is 13.8. The number of fused-ring (bicyclic) bond motifs is 2. The number of hydrogen-bond acceptors (Lipinski definition) is 6. The van der Waals surface area contributed by atoms with Crippen LogP contribution in [0.4, 0.5) is 5.69 Å². The van der Waals surface area contributed by atoms with Crippen LogP contribution in [0.5, 0.6) is 11.5 Å². The minimum absolute atomic E-state index is 0.0333. The summed E-state index contributed by atoms with van der Waals surface area (Å²) < 4.78 is 16.7. The molecule has 0 aliphatic carbocycles. The van der Waals surface area contributed by atoms with Crippen LogP contribution in [-0.2, 0) is 4.79 Å². The molecule has 1 aromatic heterocycles. The SMILES string of the molecule is CC(C)c1ccc(C2C(C(=O)c3cc4ccccc4o3)=C(O)C(=O)N2c2ccc3c(c2)OCO3)cc1. The summed E-state index contributed by atoms with van der Waals surface area (Å²) in [6.07, 6.45) is 0. The highest BCUT2D eigenvalue weighted by molar-refractivity contribution is 6.20. The normalized spacial score (nSPS) is 17.0. The largest absolute Gasteiger partial charge is 0.503 e. The Labute approximate surface area is 207 Å². The van der Waals surface area contributed by atoms with Crippen LogP contribution in [0, 0.1) is 0 Å². The van der Waals surface area contributed by atoms with Gasteiger partial charge in [0.25, 0.3) is 5.91 Å². The monoisotopic (exact) mass is 481 g/mol. The number of furan rings is 1. The molecule has 1 unspecified atom stereocenters. The summed E-state index contributed by atoms with van der Waals surface area (Å²) in [5.74, 6) is -0.387. The van der Waals surface area contributed by atoms with E-state index >= 15 is 0 Å². The lowest BCUT2D eigenvalue weighted by Gasteiger charge is -2.27. The minimum Gasteiger partial charge on any atom is -0.503 e. The van der Waals surface area contributed by atoms with Crippen LogP contribution in [0.3, 0.4) is 0 Å². The number of ketones is 1. The summed E-state index contributed by atoms with van der Waals surface area (Å²) in [6.45, 7) is 4.27. The van der Waals surface area contributed by atoms with Crippen molar-refractivity contribution in [3.8, 4) is 11.5 Å². The molecule has 0 radical (unpaired) electrons. The topological polar surface area (TPSA) is 89.2 Å². The van der Waals surface area contributed by atoms with Crippen molar-refractivity contribution in [2.75, 3.05) is 11.7 Å². The van der Waals surface area contributed by atoms with Gasteiger partial charge in [0, 0.05) is 17.1 Å². The van der Waals surface area contributed by atoms with Crippen LogP contribution in [0.2, 0.25) is 0 Å². The number of ether oxygens (including phenoxy) is 2. The Morgan fingerprint density at radius 3 is 2.47 bits per heavy atom. The first-order chi connectivity index (χ1) is 17.4. The fourth-order valence-corrected chi connectivity index (χ4v) is 4.74. The van der Waals surface area contributed by atoms with Gasteiger partial charge in [0.15, 0.2) is 23.0 Å². The third-order valence-electron chi connectivity index (χ3n) is 6.66. The summed E-state index contributed by atoms with van der Waals surface area (Å²) in [7, 11) is 0. The maximum Gasteiger partial charge on any atom is 0.294 e. The zero-order chi connectivity index (χ0) is 25.0. The van der Waals surface area contributed by atoms with Gasteiger partial charge < -0.3 is 19.0 Å². The standard InChI is InChI=1S/C29H23NO6/c1-16(2)17-7-9-18(10-8-17)26-25(27(31)24-13-19-5-3-4-6-21(19)36-24)28(32)29(33)30(26)20-11-12-22-23(14-20)35-15-34-22/h3-14,16,26,32H,15H2,1-2H3. The second-order valence-corrected chi connectivity index (χ2v) is 9.18. The lowest BCUT2D eigenvalue weighted by atomic mass is 9.92. The molecule has 7 nitrogen and oxygen atoms in total. The first-order valence-corrected chi connectivity index (χ1v) is 11.7. The Balaban J connectivity index is 1.48. The van der Waals surface area contributed by atoms with Gasteiger partial charge >= 0.3 is 0 Å². The molecule has 0 bridgehead atoms. The van der Waals surface area contributed by atoms with Gasteiger partial charge in [-0.15, -0.1) is 0 Å². The van der Waals surface area contributed by atoms with E-state index in [-0.39, 0.29) is 18.1 Å². The predicted molar refractivity (Wildman–Crippen MR) is 134 cm³/mol. The van der Waals surface area contributed by atoms with Crippen LogP contribution >= 0.6 is 0 Å². The van der Waals surface area contributed by atoms with Crippen molar-refractivity contribution in [1.29, 1.82) is 0 Å². The number of aliphatic hydroxyl groups is 1. The first kappa shape index (κ1) is 22.0. The number of benzene rings is 3. The number of amides is 1. The van der Waals surface area contributed by atoms with Crippen LogP contribution < -0.4 is 14.4 Å². The molecule has 2 aliphatic rings. The fraction of sp³-hybridized carbons (Fsp3) is 0.172. The summed E-state index contributed by atoms with van der Waals surface area (Å²) in [5, 5.41) is 11.8. The van der Waals surface area contributed by atoms with E-state index < -0.39 is 23.5 Å². The van der Waals surface area contributed by atoms with Crippen molar-refractivity contribution in [3.05, 3.63) is 101 Å². The molecule has 0 saturated carbocycles. The average Bonchev–Trinajstić information content (AvgIpc) is 3.59. The number of rotatable bonds is 5. The Hall–Kier alpha value is -4.52. The smallest absolute Gasteiger partial charge is 0.294 e. The van der Waals surface area contributed by atoms with Crippen LogP contribution in [0.25, 0.3) is 11.0 Å². The lowest BCUT2D eigenvalue weighted by molar-refractivity contribution is -0.117. The molecule has 4 aromatic rings. The van der Waals surface area contributed by atoms with Crippen molar-refractivity contribution in [1.82, 2.24) is 0 Å². The third-order valence-corrected chi connectivity index (χ3v) is 6.66. The molecule has 7 heteroatoms. The molecule has 2 aliphatic heterocycles. The molecule has 3 aromatic carbocycles. The van der Waals surface area contributed by atoms with Gasteiger partial charge in [-0.05, 0) is 41.3 Å². The van der Waals surface area contributed by atoms with Crippen molar-refractivity contribution in [3.63, 3.8) is 0 Å². The van der Waals surface area contributed by atoms with E-state index in [1.165, 1.54) is 4.90 Å². The third kappa shape index (κ3) is 3.43. The molecule has 1 amide bonds. The zero-order valence-electron chi connectivity index (χ0n) is 19.7. The highest BCUT2D eigenvalue weighted by atomic mass is 16.7. The average molecular weight is 482 g/mol. The van der Waals surface area contributed by atoms with Gasteiger partial charge in [0.05, 0.1) is 11.6 Å². The van der Waals surface area contributed by atoms with Crippen LogP contribution in [-0.4, -0.2) is 23.6 Å². The molecule has 1 atom stereocenters. The number of carbonyl (C=O) groups excluding carboxylic acids is 2. The van der Waals surface area contributed by atoms with E-state index in [2.05, 4.69) is 13.8 Å². The Bertz CT molecular complexity index is 1510. The number of para-hydroxylation sites is 1. The molecular formula is C29H23NO6. The molecular weight excluding hydrogens is 458 g/mol. The summed E-state index contributed by atoms with van der Waals surface area (Å²) in [5.41, 5.74) is 2.80. The second kappa shape index (κ2) is 8.30. The van der Waals surface area contributed by atoms with E-state index in [0.717, 1.165) is 10.9 Å². The number of hydrogen-bond donors (Lipinski definition) is 1. The number of carbonyl (C=O) groups is 2. The second-order valence-electron chi connectivity index (χ2n) is 9.18. The van der Waals surface area contributed by atoms with E-state index in [1.807, 2.05) is 42.5 Å². The van der Waals surface area contributed by atoms with Crippen LogP contribution in [0.15, 0.2) is 88.5 Å². The van der Waals surface area contributed by atoms with E-state index in [9.17, 15) is 14.7 Å². The minimum atomic E-state index is -0.861. The van der Waals surface area contributed by atoms with Crippen molar-refractivity contribution in [2.24, 2.45) is 0 Å². The van der Waals surface area contributed by atoms with Gasteiger partial charge in [0.1, 0.15) is 5.58 Å². The Morgan fingerprint density at radius 1 is 0.972 bits per heavy atom. The first-order valence-electron chi connectivity index (χ1n) is 11.7. The molecule has 6 rings (SSSR count). The Morgan fingerprint density at radius 2 is 1.72 bits per heavy atom. The van der Waals surface area contributed by atoms with Crippen molar-refractivity contribution < 1.29 is 28.6 Å². The fourth-order valence-electron chi connectivity index (χ4n) is 4.74. The summed E-state index contributed by atoms with van der Waals surface area (Å²) in [6, 6.07) is 20.9.